The molecule has 2 amide bonds. The summed E-state index contributed by atoms with van der Waals surface area (Å²) in [6.45, 7) is 11.3. The monoisotopic (exact) mass is 351 g/mol. The molecule has 0 spiro atoms. The summed E-state index contributed by atoms with van der Waals surface area (Å²) in [6, 6.07) is 4.76. The molecule has 0 bridgehead atoms. The van der Waals surface area contributed by atoms with Crippen molar-refractivity contribution in [3.05, 3.63) is 24.4 Å². The molecule has 1 heterocycles. The van der Waals surface area contributed by atoms with E-state index < -0.39 is 23.6 Å². The lowest BCUT2D eigenvalue weighted by Crippen LogP contribution is -2.53. The van der Waals surface area contributed by atoms with Gasteiger partial charge in [0, 0.05) is 18.3 Å². The van der Waals surface area contributed by atoms with Gasteiger partial charge in [0.1, 0.15) is 12.2 Å². The summed E-state index contributed by atoms with van der Waals surface area (Å²) in [5.41, 5.74) is -0.658. The first-order valence-electron chi connectivity index (χ1n) is 8.42. The molecular weight excluding hydrogens is 322 g/mol. The summed E-state index contributed by atoms with van der Waals surface area (Å²) < 4.78 is 10.7. The van der Waals surface area contributed by atoms with Gasteiger partial charge in [-0.2, -0.15) is 0 Å². The Morgan fingerprint density at radius 1 is 1.20 bits per heavy atom. The number of rotatable bonds is 7. The van der Waals surface area contributed by atoms with Gasteiger partial charge < -0.3 is 9.47 Å². The van der Waals surface area contributed by atoms with Crippen molar-refractivity contribution in [2.75, 3.05) is 6.61 Å². The molecule has 2 atom stereocenters. The topological polar surface area (TPSA) is 89.5 Å². The van der Waals surface area contributed by atoms with Crippen LogP contribution in [0.25, 0.3) is 0 Å². The molecule has 0 aliphatic heterocycles. The summed E-state index contributed by atoms with van der Waals surface area (Å²) in [5, 5.41) is 5.46. The highest BCUT2D eigenvalue weighted by molar-refractivity contribution is 5.95. The Morgan fingerprint density at radius 2 is 1.88 bits per heavy atom. The minimum absolute atomic E-state index is 0.0141. The Morgan fingerprint density at radius 3 is 2.40 bits per heavy atom. The van der Waals surface area contributed by atoms with Crippen molar-refractivity contribution in [3.63, 3.8) is 0 Å². The zero-order valence-corrected chi connectivity index (χ0v) is 15.8. The molecule has 1 unspecified atom stereocenters. The molecule has 7 nitrogen and oxygen atoms in total. The van der Waals surface area contributed by atoms with Crippen molar-refractivity contribution < 1.29 is 19.1 Å². The van der Waals surface area contributed by atoms with Crippen molar-refractivity contribution in [1.82, 2.24) is 15.6 Å². The lowest BCUT2D eigenvalue weighted by atomic mass is 10.0. The van der Waals surface area contributed by atoms with E-state index in [0.29, 0.717) is 12.5 Å². The Kier molecular flexibility index (Phi) is 7.83. The minimum atomic E-state index is -0.748. The van der Waals surface area contributed by atoms with E-state index in [0.717, 1.165) is 0 Å². The molecule has 0 saturated carbocycles. The highest BCUT2D eigenvalue weighted by Gasteiger charge is 2.27. The van der Waals surface area contributed by atoms with E-state index in [-0.39, 0.29) is 12.0 Å². The number of hydrogen-bond donors (Lipinski definition) is 2. The van der Waals surface area contributed by atoms with Crippen LogP contribution >= 0.6 is 0 Å². The number of alkyl carbamates (subject to hydrolysis) is 1. The second-order valence-corrected chi connectivity index (χ2v) is 7.26. The van der Waals surface area contributed by atoms with Gasteiger partial charge in [0.05, 0.1) is 6.04 Å². The largest absolute Gasteiger partial charge is 0.476 e. The van der Waals surface area contributed by atoms with Crippen LogP contribution in [-0.2, 0) is 9.53 Å². The molecule has 1 rings (SSSR count). The fourth-order valence-corrected chi connectivity index (χ4v) is 2.05. The maximum Gasteiger partial charge on any atom is 0.414 e. The van der Waals surface area contributed by atoms with E-state index in [1.807, 2.05) is 32.9 Å². The van der Waals surface area contributed by atoms with E-state index >= 15 is 0 Å². The number of ether oxygens (including phenoxy) is 2. The Hall–Kier alpha value is -2.15. The number of nitrogens with zero attached hydrogens (tertiary/aromatic N) is 1. The standard InChI is InChI=1S/C18H29N3O4/c1-12(2)15(16(22)21-17(23)25-18(4,5)6)20-13(3)11-24-14-9-7-8-10-19-14/h7-10,12-13,15,20H,11H2,1-6H3,(H,21,22,23)/t13?,15-/m0/s1. The number of imide groups is 1. The van der Waals surface area contributed by atoms with Gasteiger partial charge in [0.2, 0.25) is 11.8 Å². The first kappa shape index (κ1) is 20.9. The molecule has 0 aliphatic carbocycles. The Balaban J connectivity index is 2.54. The highest BCUT2D eigenvalue weighted by Crippen LogP contribution is 2.09. The van der Waals surface area contributed by atoms with Crippen LogP contribution in [0.2, 0.25) is 0 Å². The molecule has 0 aromatic carbocycles. The van der Waals surface area contributed by atoms with Gasteiger partial charge in [-0.15, -0.1) is 0 Å². The molecule has 1 aromatic rings. The van der Waals surface area contributed by atoms with Gasteiger partial charge in [-0.05, 0) is 39.7 Å². The SMILES string of the molecule is CC(COc1ccccn1)N[C@H](C(=O)NC(=O)OC(C)(C)C)C(C)C. The average molecular weight is 351 g/mol. The molecule has 0 saturated heterocycles. The van der Waals surface area contributed by atoms with Crippen LogP contribution in [-0.4, -0.2) is 41.3 Å². The maximum absolute atomic E-state index is 12.4. The van der Waals surface area contributed by atoms with Crippen LogP contribution in [0.1, 0.15) is 41.5 Å². The van der Waals surface area contributed by atoms with Gasteiger partial charge >= 0.3 is 6.09 Å². The quantitative estimate of drug-likeness (QED) is 0.784. The number of hydrogen-bond acceptors (Lipinski definition) is 6. The van der Waals surface area contributed by atoms with E-state index in [9.17, 15) is 9.59 Å². The second kappa shape index (κ2) is 9.36. The van der Waals surface area contributed by atoms with Gasteiger partial charge in [0.15, 0.2) is 0 Å². The maximum atomic E-state index is 12.4. The van der Waals surface area contributed by atoms with E-state index in [4.69, 9.17) is 9.47 Å². The Labute approximate surface area is 149 Å². The van der Waals surface area contributed by atoms with Crippen molar-refractivity contribution in [2.45, 2.75) is 59.2 Å². The fourth-order valence-electron chi connectivity index (χ4n) is 2.05. The number of pyridine rings is 1. The van der Waals surface area contributed by atoms with Crippen LogP contribution in [0.15, 0.2) is 24.4 Å². The molecule has 0 radical (unpaired) electrons. The zero-order valence-electron chi connectivity index (χ0n) is 15.8. The molecule has 2 N–H and O–H groups in total. The van der Waals surface area contributed by atoms with Crippen molar-refractivity contribution in [1.29, 1.82) is 0 Å². The van der Waals surface area contributed by atoms with Crippen molar-refractivity contribution in [3.8, 4) is 5.88 Å². The molecule has 7 heteroatoms. The predicted molar refractivity (Wildman–Crippen MR) is 95.3 cm³/mol. The normalized spacial score (nSPS) is 13.9. The summed E-state index contributed by atoms with van der Waals surface area (Å²) >= 11 is 0. The third kappa shape index (κ3) is 8.49. The first-order chi connectivity index (χ1) is 11.6. The molecule has 1 aromatic heterocycles. The third-order valence-corrected chi connectivity index (χ3v) is 3.16. The van der Waals surface area contributed by atoms with Crippen LogP contribution in [0.5, 0.6) is 5.88 Å². The van der Waals surface area contributed by atoms with Gasteiger partial charge in [-0.3, -0.25) is 15.4 Å². The first-order valence-corrected chi connectivity index (χ1v) is 8.42. The molecular formula is C18H29N3O4. The molecule has 25 heavy (non-hydrogen) atoms. The predicted octanol–water partition coefficient (Wildman–Crippen LogP) is 2.51. The molecule has 0 fully saturated rings. The average Bonchev–Trinajstić information content (AvgIpc) is 2.49. The third-order valence-electron chi connectivity index (χ3n) is 3.16. The van der Waals surface area contributed by atoms with Gasteiger partial charge in [-0.25, -0.2) is 9.78 Å². The summed E-state index contributed by atoms with van der Waals surface area (Å²) in [6.07, 6.45) is 0.904. The van der Waals surface area contributed by atoms with Crippen LogP contribution in [0, 0.1) is 5.92 Å². The minimum Gasteiger partial charge on any atom is -0.476 e. The van der Waals surface area contributed by atoms with Crippen molar-refractivity contribution in [2.24, 2.45) is 5.92 Å². The summed E-state index contributed by atoms with van der Waals surface area (Å²) in [7, 11) is 0. The Bertz CT molecular complexity index is 555. The molecule has 140 valence electrons. The van der Waals surface area contributed by atoms with Crippen LogP contribution < -0.4 is 15.4 Å². The van der Waals surface area contributed by atoms with Gasteiger partial charge in [0.25, 0.3) is 0 Å². The van der Waals surface area contributed by atoms with E-state index in [2.05, 4.69) is 15.6 Å². The van der Waals surface area contributed by atoms with Gasteiger partial charge in [-0.1, -0.05) is 19.9 Å². The number of aromatic nitrogens is 1. The fraction of sp³-hybridized carbons (Fsp3) is 0.611. The number of carbonyl (C=O) groups excluding carboxylic acids is 2. The van der Waals surface area contributed by atoms with E-state index in [1.165, 1.54) is 0 Å². The summed E-state index contributed by atoms with van der Waals surface area (Å²) in [5.74, 6) is 0.0872. The van der Waals surface area contributed by atoms with Crippen LogP contribution in [0.3, 0.4) is 0 Å². The number of carbonyl (C=O) groups is 2. The van der Waals surface area contributed by atoms with Crippen LogP contribution in [0.4, 0.5) is 4.79 Å². The highest BCUT2D eigenvalue weighted by atomic mass is 16.6. The lowest BCUT2D eigenvalue weighted by Gasteiger charge is -2.26. The smallest absolute Gasteiger partial charge is 0.414 e. The summed E-state index contributed by atoms with van der Waals surface area (Å²) in [4.78, 5) is 28.2. The lowest BCUT2D eigenvalue weighted by molar-refractivity contribution is -0.124. The zero-order chi connectivity index (χ0) is 19.0. The van der Waals surface area contributed by atoms with Crippen molar-refractivity contribution >= 4 is 12.0 Å². The molecule has 0 aliphatic rings. The second-order valence-electron chi connectivity index (χ2n) is 7.26. The number of nitrogens with one attached hydrogen (secondary N) is 2. The number of amides is 2. The van der Waals surface area contributed by atoms with E-state index in [1.54, 1.807) is 33.0 Å².